The highest BCUT2D eigenvalue weighted by atomic mass is 16.3. The monoisotopic (exact) mass is 254 g/mol. The molecule has 0 aromatic rings. The first-order valence-electron chi connectivity index (χ1n) is 7.42. The van der Waals surface area contributed by atoms with Crippen molar-refractivity contribution in [3.8, 4) is 0 Å². The number of amides is 1. The van der Waals surface area contributed by atoms with Gasteiger partial charge in [-0.05, 0) is 25.2 Å². The van der Waals surface area contributed by atoms with E-state index in [1.54, 1.807) is 0 Å². The lowest BCUT2D eigenvalue weighted by Gasteiger charge is -2.16. The summed E-state index contributed by atoms with van der Waals surface area (Å²) in [6.45, 7) is 2.07. The van der Waals surface area contributed by atoms with E-state index in [0.29, 0.717) is 13.1 Å². The number of nitrogens with one attached hydrogen (secondary N) is 2. The van der Waals surface area contributed by atoms with Crippen LogP contribution in [0.25, 0.3) is 0 Å². The van der Waals surface area contributed by atoms with Crippen molar-refractivity contribution < 1.29 is 9.90 Å². The van der Waals surface area contributed by atoms with Gasteiger partial charge < -0.3 is 15.7 Å². The number of hydrogen-bond acceptors (Lipinski definition) is 3. The van der Waals surface area contributed by atoms with Crippen LogP contribution in [0.1, 0.15) is 44.9 Å². The van der Waals surface area contributed by atoms with E-state index < -0.39 is 0 Å². The molecule has 2 saturated carbocycles. The zero-order valence-electron chi connectivity index (χ0n) is 11.2. The van der Waals surface area contributed by atoms with Crippen LogP contribution in [0.5, 0.6) is 0 Å². The average Bonchev–Trinajstić information content (AvgIpc) is 3.08. The van der Waals surface area contributed by atoms with Crippen molar-refractivity contribution in [3.63, 3.8) is 0 Å². The highest BCUT2D eigenvalue weighted by Crippen LogP contribution is 2.29. The van der Waals surface area contributed by atoms with Gasteiger partial charge >= 0.3 is 0 Å². The molecule has 1 unspecified atom stereocenters. The molecule has 4 heteroatoms. The Morgan fingerprint density at radius 2 is 1.89 bits per heavy atom. The fraction of sp³-hybridized carbons (Fsp3) is 0.929. The summed E-state index contributed by atoms with van der Waals surface area (Å²) in [5.74, 6) is 1.22. The molecule has 2 rings (SSSR count). The highest BCUT2D eigenvalue weighted by Gasteiger charge is 2.28. The maximum absolute atomic E-state index is 11.3. The van der Waals surface area contributed by atoms with Crippen LogP contribution in [-0.4, -0.2) is 36.8 Å². The number of hydrogen-bond donors (Lipinski definition) is 3. The van der Waals surface area contributed by atoms with Gasteiger partial charge in [-0.15, -0.1) is 0 Å². The molecule has 0 spiro atoms. The largest absolute Gasteiger partial charge is 0.392 e. The van der Waals surface area contributed by atoms with Crippen LogP contribution < -0.4 is 10.6 Å². The van der Waals surface area contributed by atoms with Crippen LogP contribution >= 0.6 is 0 Å². The van der Waals surface area contributed by atoms with E-state index in [-0.39, 0.29) is 17.9 Å². The van der Waals surface area contributed by atoms with Crippen molar-refractivity contribution in [1.82, 2.24) is 10.6 Å². The summed E-state index contributed by atoms with van der Waals surface area (Å²) >= 11 is 0. The third kappa shape index (κ3) is 4.94. The lowest BCUT2D eigenvalue weighted by Crippen LogP contribution is -2.36. The molecule has 0 radical (unpaired) electrons. The van der Waals surface area contributed by atoms with Crippen molar-refractivity contribution in [1.29, 1.82) is 0 Å². The molecular weight excluding hydrogens is 228 g/mol. The normalized spacial score (nSPS) is 22.1. The van der Waals surface area contributed by atoms with Gasteiger partial charge in [0.05, 0.1) is 6.10 Å². The molecule has 0 bridgehead atoms. The third-order valence-electron chi connectivity index (χ3n) is 4.01. The van der Waals surface area contributed by atoms with E-state index in [4.69, 9.17) is 0 Å². The minimum Gasteiger partial charge on any atom is -0.392 e. The van der Waals surface area contributed by atoms with Gasteiger partial charge in [-0.1, -0.05) is 25.7 Å². The topological polar surface area (TPSA) is 61.4 Å². The fourth-order valence-electron chi connectivity index (χ4n) is 2.75. The summed E-state index contributed by atoms with van der Waals surface area (Å²) in [4.78, 5) is 11.3. The average molecular weight is 254 g/mol. The maximum atomic E-state index is 11.3. The smallest absolute Gasteiger partial charge is 0.223 e. The van der Waals surface area contributed by atoms with Crippen LogP contribution in [-0.2, 0) is 4.79 Å². The summed E-state index contributed by atoms with van der Waals surface area (Å²) in [5, 5.41) is 16.0. The number of carbonyl (C=O) groups is 1. The van der Waals surface area contributed by atoms with E-state index in [1.807, 2.05) is 0 Å². The fourth-order valence-corrected chi connectivity index (χ4v) is 2.75. The highest BCUT2D eigenvalue weighted by molar-refractivity contribution is 5.80. The summed E-state index contributed by atoms with van der Waals surface area (Å²) in [6.07, 6.45) is 8.05. The second-order valence-electron chi connectivity index (χ2n) is 5.81. The van der Waals surface area contributed by atoms with Crippen molar-refractivity contribution >= 4 is 5.91 Å². The van der Waals surface area contributed by atoms with Gasteiger partial charge in [0, 0.05) is 25.6 Å². The van der Waals surface area contributed by atoms with Gasteiger partial charge in [0.25, 0.3) is 0 Å². The Hall–Kier alpha value is -0.610. The molecule has 0 heterocycles. The Morgan fingerprint density at radius 1 is 1.17 bits per heavy atom. The Balaban J connectivity index is 1.43. The molecule has 1 amide bonds. The van der Waals surface area contributed by atoms with E-state index in [0.717, 1.165) is 31.7 Å². The summed E-state index contributed by atoms with van der Waals surface area (Å²) in [5.41, 5.74) is 0. The molecular formula is C14H26N2O2. The minimum atomic E-state index is -0.229. The lowest BCUT2D eigenvalue weighted by atomic mass is 10.0. The Kier molecular flexibility index (Phi) is 5.45. The predicted octanol–water partition coefficient (Wildman–Crippen LogP) is 1.04. The first-order valence-corrected chi connectivity index (χ1v) is 7.42. The SMILES string of the molecule is O=C(NCCNCC(O)CC1CCCC1)C1CC1. The zero-order valence-corrected chi connectivity index (χ0v) is 11.2. The Labute approximate surface area is 110 Å². The maximum Gasteiger partial charge on any atom is 0.223 e. The number of rotatable bonds is 8. The van der Waals surface area contributed by atoms with Crippen LogP contribution in [0.3, 0.4) is 0 Å². The number of carbonyl (C=O) groups excluding carboxylic acids is 1. The Bertz CT molecular complexity index is 261. The predicted molar refractivity (Wildman–Crippen MR) is 71.2 cm³/mol. The lowest BCUT2D eigenvalue weighted by molar-refractivity contribution is -0.122. The van der Waals surface area contributed by atoms with Gasteiger partial charge in [-0.25, -0.2) is 0 Å². The molecule has 2 aliphatic rings. The minimum absolute atomic E-state index is 0.198. The molecule has 0 aliphatic heterocycles. The Morgan fingerprint density at radius 3 is 2.56 bits per heavy atom. The van der Waals surface area contributed by atoms with E-state index in [1.165, 1.54) is 25.7 Å². The first kappa shape index (κ1) is 13.8. The number of aliphatic hydroxyl groups is 1. The first-order chi connectivity index (χ1) is 8.75. The van der Waals surface area contributed by atoms with E-state index >= 15 is 0 Å². The summed E-state index contributed by atoms with van der Waals surface area (Å²) in [7, 11) is 0. The summed E-state index contributed by atoms with van der Waals surface area (Å²) in [6, 6.07) is 0. The van der Waals surface area contributed by atoms with Crippen molar-refractivity contribution in [2.24, 2.45) is 11.8 Å². The van der Waals surface area contributed by atoms with Gasteiger partial charge in [0.15, 0.2) is 0 Å². The van der Waals surface area contributed by atoms with Crippen molar-refractivity contribution in [2.45, 2.75) is 51.0 Å². The van der Waals surface area contributed by atoms with Gasteiger partial charge in [0.2, 0.25) is 5.91 Å². The second-order valence-corrected chi connectivity index (χ2v) is 5.81. The molecule has 18 heavy (non-hydrogen) atoms. The zero-order chi connectivity index (χ0) is 12.8. The second kappa shape index (κ2) is 7.10. The molecule has 0 aromatic carbocycles. The molecule has 3 N–H and O–H groups in total. The number of aliphatic hydroxyl groups excluding tert-OH is 1. The molecule has 1 atom stereocenters. The van der Waals surface area contributed by atoms with Crippen LogP contribution in [0, 0.1) is 11.8 Å². The molecule has 4 nitrogen and oxygen atoms in total. The van der Waals surface area contributed by atoms with Gasteiger partial charge in [0.1, 0.15) is 0 Å². The van der Waals surface area contributed by atoms with Crippen molar-refractivity contribution in [2.75, 3.05) is 19.6 Å². The van der Waals surface area contributed by atoms with Crippen LogP contribution in [0.2, 0.25) is 0 Å². The standard InChI is InChI=1S/C14H26N2O2/c17-13(9-11-3-1-2-4-11)10-15-7-8-16-14(18)12-5-6-12/h11-13,15,17H,1-10H2,(H,16,18). The van der Waals surface area contributed by atoms with Crippen molar-refractivity contribution in [3.05, 3.63) is 0 Å². The summed E-state index contributed by atoms with van der Waals surface area (Å²) < 4.78 is 0. The molecule has 0 aromatic heterocycles. The molecule has 104 valence electrons. The quantitative estimate of drug-likeness (QED) is 0.567. The van der Waals surface area contributed by atoms with Gasteiger partial charge in [-0.2, -0.15) is 0 Å². The molecule has 2 aliphatic carbocycles. The third-order valence-corrected chi connectivity index (χ3v) is 4.01. The van der Waals surface area contributed by atoms with Gasteiger partial charge in [-0.3, -0.25) is 4.79 Å². The van der Waals surface area contributed by atoms with Crippen LogP contribution in [0.15, 0.2) is 0 Å². The van der Waals surface area contributed by atoms with Crippen LogP contribution in [0.4, 0.5) is 0 Å². The molecule has 0 saturated heterocycles. The van der Waals surface area contributed by atoms with E-state index in [2.05, 4.69) is 10.6 Å². The molecule has 2 fully saturated rings. The van der Waals surface area contributed by atoms with E-state index in [9.17, 15) is 9.90 Å².